The Hall–Kier alpha value is -1.95. The summed E-state index contributed by atoms with van der Waals surface area (Å²) in [5, 5.41) is 3.42. The van der Waals surface area contributed by atoms with Gasteiger partial charge in [0.15, 0.2) is 5.96 Å². The van der Waals surface area contributed by atoms with Gasteiger partial charge >= 0.3 is 0 Å². The normalized spacial score (nSPS) is 18.3. The molecule has 0 aliphatic carbocycles. The van der Waals surface area contributed by atoms with Gasteiger partial charge in [0, 0.05) is 44.9 Å². The van der Waals surface area contributed by atoms with Crippen LogP contribution in [0.3, 0.4) is 0 Å². The lowest BCUT2D eigenvalue weighted by Crippen LogP contribution is -2.40. The number of hydrogen-bond acceptors (Lipinski definition) is 4. The second-order valence-electron chi connectivity index (χ2n) is 7.13. The Labute approximate surface area is 164 Å². The fourth-order valence-electron chi connectivity index (χ4n) is 3.59. The van der Waals surface area contributed by atoms with E-state index in [0.717, 1.165) is 55.7 Å². The molecule has 1 aliphatic heterocycles. The van der Waals surface area contributed by atoms with E-state index in [1.807, 2.05) is 12.1 Å². The van der Waals surface area contributed by atoms with Crippen LogP contribution in [0.5, 0.6) is 11.5 Å². The Morgan fingerprint density at radius 2 is 2.11 bits per heavy atom. The fraction of sp³-hybridized carbons (Fsp3) is 0.667. The third-order valence-electron chi connectivity index (χ3n) is 5.15. The van der Waals surface area contributed by atoms with Gasteiger partial charge in [0.1, 0.15) is 11.5 Å². The molecule has 6 heteroatoms. The van der Waals surface area contributed by atoms with E-state index < -0.39 is 0 Å². The Morgan fingerprint density at radius 1 is 1.30 bits per heavy atom. The van der Waals surface area contributed by atoms with Crippen LogP contribution in [0.1, 0.15) is 32.3 Å². The van der Waals surface area contributed by atoms with Crippen LogP contribution in [0.25, 0.3) is 0 Å². The van der Waals surface area contributed by atoms with Crippen LogP contribution >= 0.6 is 0 Å². The molecule has 1 aromatic carbocycles. The van der Waals surface area contributed by atoms with E-state index in [2.05, 4.69) is 42.1 Å². The van der Waals surface area contributed by atoms with Crippen molar-refractivity contribution >= 4 is 5.96 Å². The number of nitrogens with one attached hydrogen (secondary N) is 1. The predicted molar refractivity (Wildman–Crippen MR) is 112 cm³/mol. The largest absolute Gasteiger partial charge is 0.497 e. The number of guanidine groups is 1. The van der Waals surface area contributed by atoms with Gasteiger partial charge in [0.2, 0.25) is 0 Å². The van der Waals surface area contributed by atoms with E-state index in [9.17, 15) is 0 Å². The second-order valence-corrected chi connectivity index (χ2v) is 7.13. The number of methoxy groups -OCH3 is 2. The third-order valence-corrected chi connectivity index (χ3v) is 5.15. The first-order valence-electron chi connectivity index (χ1n) is 10.0. The van der Waals surface area contributed by atoms with Crippen LogP contribution in [-0.2, 0) is 6.54 Å². The highest BCUT2D eigenvalue weighted by Crippen LogP contribution is 2.25. The van der Waals surface area contributed by atoms with Crippen LogP contribution in [0, 0.1) is 5.92 Å². The van der Waals surface area contributed by atoms with Gasteiger partial charge in [-0.1, -0.05) is 6.92 Å². The minimum atomic E-state index is 0.649. The van der Waals surface area contributed by atoms with Crippen molar-refractivity contribution in [2.24, 2.45) is 10.9 Å². The fourth-order valence-corrected chi connectivity index (χ4v) is 3.59. The molecule has 6 nitrogen and oxygen atoms in total. The van der Waals surface area contributed by atoms with Crippen molar-refractivity contribution in [3.8, 4) is 11.5 Å². The van der Waals surface area contributed by atoms with E-state index >= 15 is 0 Å². The molecule has 0 amide bonds. The maximum atomic E-state index is 5.54. The molecule has 1 unspecified atom stereocenters. The number of ether oxygens (including phenoxy) is 2. The van der Waals surface area contributed by atoms with Crippen LogP contribution in [0.2, 0.25) is 0 Å². The number of aliphatic imine (C=N–C) groups is 1. The Bertz CT molecular complexity index is 606. The molecule has 1 N–H and O–H groups in total. The van der Waals surface area contributed by atoms with E-state index in [-0.39, 0.29) is 0 Å². The first kappa shape index (κ1) is 21.4. The van der Waals surface area contributed by atoms with Crippen molar-refractivity contribution in [1.82, 2.24) is 15.1 Å². The number of piperidine rings is 1. The van der Waals surface area contributed by atoms with Gasteiger partial charge in [0.25, 0.3) is 0 Å². The molecule has 27 heavy (non-hydrogen) atoms. The molecule has 1 atom stereocenters. The van der Waals surface area contributed by atoms with Crippen molar-refractivity contribution in [2.45, 2.75) is 33.2 Å². The lowest BCUT2D eigenvalue weighted by atomic mass is 9.98. The Morgan fingerprint density at radius 3 is 2.78 bits per heavy atom. The van der Waals surface area contributed by atoms with Crippen molar-refractivity contribution in [3.63, 3.8) is 0 Å². The van der Waals surface area contributed by atoms with Crippen LogP contribution in [-0.4, -0.2) is 69.8 Å². The third kappa shape index (κ3) is 6.31. The average Bonchev–Trinajstić information content (AvgIpc) is 2.71. The number of likely N-dealkylation sites (tertiary alicyclic amines) is 1. The summed E-state index contributed by atoms with van der Waals surface area (Å²) in [5.41, 5.74) is 1.11. The van der Waals surface area contributed by atoms with Gasteiger partial charge in [-0.15, -0.1) is 0 Å². The molecule has 1 saturated heterocycles. The summed E-state index contributed by atoms with van der Waals surface area (Å²) in [6.45, 7) is 10.3. The van der Waals surface area contributed by atoms with Crippen molar-refractivity contribution in [1.29, 1.82) is 0 Å². The Balaban J connectivity index is 2.04. The monoisotopic (exact) mass is 376 g/mol. The smallest absolute Gasteiger partial charge is 0.193 e. The molecule has 0 aromatic heterocycles. The zero-order chi connectivity index (χ0) is 19.6. The van der Waals surface area contributed by atoms with Crippen molar-refractivity contribution in [3.05, 3.63) is 23.8 Å². The highest BCUT2D eigenvalue weighted by atomic mass is 16.5. The summed E-state index contributed by atoms with van der Waals surface area (Å²) in [7, 11) is 5.44. The lowest BCUT2D eigenvalue weighted by Gasteiger charge is -2.31. The molecule has 0 radical (unpaired) electrons. The SMILES string of the molecule is CCNC(=NCC1CCCN(CC)C1)N(C)Cc1ccc(OC)cc1OC. The van der Waals surface area contributed by atoms with Crippen molar-refractivity contribution in [2.75, 3.05) is 54.0 Å². The molecule has 0 spiro atoms. The van der Waals surface area contributed by atoms with E-state index in [1.54, 1.807) is 14.2 Å². The Kier molecular flexibility index (Phi) is 8.72. The van der Waals surface area contributed by atoms with Gasteiger partial charge < -0.3 is 24.6 Å². The van der Waals surface area contributed by atoms with Crippen LogP contribution in [0.4, 0.5) is 0 Å². The molecule has 152 valence electrons. The van der Waals surface area contributed by atoms with E-state index in [0.29, 0.717) is 5.92 Å². The summed E-state index contributed by atoms with van der Waals surface area (Å²) in [4.78, 5) is 9.62. The number of nitrogens with zero attached hydrogens (tertiary/aromatic N) is 3. The topological polar surface area (TPSA) is 49.3 Å². The summed E-state index contributed by atoms with van der Waals surface area (Å²) < 4.78 is 10.8. The molecule has 1 fully saturated rings. The molecular weight excluding hydrogens is 340 g/mol. The zero-order valence-electron chi connectivity index (χ0n) is 17.6. The summed E-state index contributed by atoms with van der Waals surface area (Å²) in [5.74, 6) is 3.24. The quantitative estimate of drug-likeness (QED) is 0.558. The maximum absolute atomic E-state index is 5.54. The lowest BCUT2D eigenvalue weighted by molar-refractivity contribution is 0.186. The second kappa shape index (κ2) is 11.0. The highest BCUT2D eigenvalue weighted by Gasteiger charge is 2.19. The summed E-state index contributed by atoms with van der Waals surface area (Å²) >= 11 is 0. The van der Waals surface area contributed by atoms with Crippen LogP contribution < -0.4 is 14.8 Å². The van der Waals surface area contributed by atoms with Crippen molar-refractivity contribution < 1.29 is 9.47 Å². The van der Waals surface area contributed by atoms with Gasteiger partial charge in [-0.3, -0.25) is 4.99 Å². The molecular formula is C21H36N4O2. The number of benzene rings is 1. The number of hydrogen-bond donors (Lipinski definition) is 1. The standard InChI is InChI=1S/C21H36N4O2/c1-6-22-21(23-14-17-9-8-12-25(7-2)15-17)24(3)16-18-10-11-19(26-4)13-20(18)27-5/h10-11,13,17H,6-9,12,14-16H2,1-5H3,(H,22,23). The van der Waals surface area contributed by atoms with Gasteiger partial charge in [0.05, 0.1) is 14.2 Å². The summed E-state index contributed by atoms with van der Waals surface area (Å²) in [6.07, 6.45) is 2.55. The zero-order valence-corrected chi connectivity index (χ0v) is 17.6. The van der Waals surface area contributed by atoms with Crippen LogP contribution in [0.15, 0.2) is 23.2 Å². The summed E-state index contributed by atoms with van der Waals surface area (Å²) in [6, 6.07) is 5.95. The van der Waals surface area contributed by atoms with E-state index in [1.165, 1.54) is 19.4 Å². The van der Waals surface area contributed by atoms with Gasteiger partial charge in [-0.25, -0.2) is 0 Å². The minimum absolute atomic E-state index is 0.649. The van der Waals surface area contributed by atoms with Gasteiger partial charge in [-0.05, 0) is 50.9 Å². The molecule has 2 rings (SSSR count). The molecule has 0 saturated carbocycles. The van der Waals surface area contributed by atoms with E-state index in [4.69, 9.17) is 14.5 Å². The average molecular weight is 377 g/mol. The van der Waals surface area contributed by atoms with Gasteiger partial charge in [-0.2, -0.15) is 0 Å². The predicted octanol–water partition coefficient (Wildman–Crippen LogP) is 2.83. The highest BCUT2D eigenvalue weighted by molar-refractivity contribution is 5.79. The number of rotatable bonds is 8. The first-order chi connectivity index (χ1) is 13.1. The molecule has 1 heterocycles. The molecule has 1 aliphatic rings. The maximum Gasteiger partial charge on any atom is 0.193 e. The molecule has 1 aromatic rings. The molecule has 0 bridgehead atoms. The minimum Gasteiger partial charge on any atom is -0.497 e. The first-order valence-corrected chi connectivity index (χ1v) is 10.0.